The van der Waals surface area contributed by atoms with Crippen molar-refractivity contribution in [2.75, 3.05) is 0 Å². The number of fused-ring (bicyclic) bond motifs is 1. The molecular weight excluding hydrogens is 266 g/mol. The summed E-state index contributed by atoms with van der Waals surface area (Å²) in [5, 5.41) is 10.0. The zero-order chi connectivity index (χ0) is 13.9. The molecule has 0 spiro atoms. The first-order valence-electron chi connectivity index (χ1n) is 6.80. The molecule has 3 nitrogen and oxygen atoms in total. The molecule has 1 aliphatic carbocycles. The van der Waals surface area contributed by atoms with Gasteiger partial charge in [-0.05, 0) is 50.8 Å². The minimum absolute atomic E-state index is 0.689. The molecule has 100 valence electrons. The Morgan fingerprint density at radius 3 is 2.90 bits per heavy atom. The number of hydrogen-bond donors (Lipinski definition) is 0. The monoisotopic (exact) mass is 281 g/mol. The lowest BCUT2D eigenvalue weighted by molar-refractivity contribution is 0.640. The van der Waals surface area contributed by atoms with E-state index in [2.05, 4.69) is 16.0 Å². The highest BCUT2D eigenvalue weighted by atomic mass is 32.2. The third-order valence-corrected chi connectivity index (χ3v) is 4.46. The van der Waals surface area contributed by atoms with E-state index < -0.39 is 0 Å². The lowest BCUT2D eigenvalue weighted by atomic mass is 9.97. The fourth-order valence-electron chi connectivity index (χ4n) is 2.50. The van der Waals surface area contributed by atoms with Crippen LogP contribution in [0.4, 0.5) is 0 Å². The van der Waals surface area contributed by atoms with Crippen LogP contribution >= 0.6 is 11.8 Å². The molecule has 1 heterocycles. The lowest BCUT2D eigenvalue weighted by Gasteiger charge is -2.18. The fourth-order valence-corrected chi connectivity index (χ4v) is 3.58. The number of hydrogen-bond acceptors (Lipinski definition) is 4. The quantitative estimate of drug-likeness (QED) is 0.788. The van der Waals surface area contributed by atoms with E-state index in [1.807, 2.05) is 31.2 Å². The number of rotatable bonds is 2. The lowest BCUT2D eigenvalue weighted by Crippen LogP contribution is -2.10. The van der Waals surface area contributed by atoms with Gasteiger partial charge in [-0.1, -0.05) is 17.8 Å². The minimum Gasteiger partial charge on any atom is -0.238 e. The molecule has 0 amide bonds. The standard InChI is InChI=1S/C16H15N3S/c1-11-18-15-8-3-2-7-14(15)16(19-11)20-13-6-4-5-12(9-13)10-17/h4-6,9H,2-3,7-8H2,1H3. The summed E-state index contributed by atoms with van der Waals surface area (Å²) in [6.07, 6.45) is 4.56. The van der Waals surface area contributed by atoms with Gasteiger partial charge in [0.25, 0.3) is 0 Å². The van der Waals surface area contributed by atoms with Crippen LogP contribution in [0.2, 0.25) is 0 Å². The molecule has 1 aromatic carbocycles. The van der Waals surface area contributed by atoms with Crippen LogP contribution in [0.15, 0.2) is 34.2 Å². The topological polar surface area (TPSA) is 49.6 Å². The van der Waals surface area contributed by atoms with Gasteiger partial charge in [0.15, 0.2) is 0 Å². The highest BCUT2D eigenvalue weighted by Gasteiger charge is 2.17. The largest absolute Gasteiger partial charge is 0.238 e. The van der Waals surface area contributed by atoms with Gasteiger partial charge in [0.1, 0.15) is 10.9 Å². The summed E-state index contributed by atoms with van der Waals surface area (Å²) < 4.78 is 0. The first-order chi connectivity index (χ1) is 9.76. The van der Waals surface area contributed by atoms with Crippen LogP contribution in [-0.4, -0.2) is 9.97 Å². The van der Waals surface area contributed by atoms with Crippen molar-refractivity contribution in [1.82, 2.24) is 9.97 Å². The van der Waals surface area contributed by atoms with Gasteiger partial charge in [-0.15, -0.1) is 0 Å². The molecule has 0 unspecified atom stereocenters. The van der Waals surface area contributed by atoms with Crippen molar-refractivity contribution in [2.45, 2.75) is 42.5 Å². The van der Waals surface area contributed by atoms with Gasteiger partial charge in [0, 0.05) is 16.2 Å². The van der Waals surface area contributed by atoms with Crippen molar-refractivity contribution in [3.8, 4) is 6.07 Å². The zero-order valence-electron chi connectivity index (χ0n) is 11.4. The second kappa shape index (κ2) is 5.64. The molecule has 4 heteroatoms. The van der Waals surface area contributed by atoms with Crippen LogP contribution in [0.1, 0.15) is 35.5 Å². The predicted molar refractivity (Wildman–Crippen MR) is 78.7 cm³/mol. The zero-order valence-corrected chi connectivity index (χ0v) is 12.2. The van der Waals surface area contributed by atoms with Gasteiger partial charge >= 0.3 is 0 Å². The van der Waals surface area contributed by atoms with Crippen molar-refractivity contribution in [2.24, 2.45) is 0 Å². The van der Waals surface area contributed by atoms with E-state index in [1.54, 1.807) is 11.8 Å². The number of aryl methyl sites for hydroxylation is 2. The Kier molecular flexibility index (Phi) is 3.70. The SMILES string of the molecule is Cc1nc2c(c(Sc3cccc(C#N)c3)n1)CCCC2. The van der Waals surface area contributed by atoms with E-state index in [1.165, 1.54) is 24.1 Å². The van der Waals surface area contributed by atoms with Crippen LogP contribution in [0, 0.1) is 18.3 Å². The molecule has 1 aromatic heterocycles. The summed E-state index contributed by atoms with van der Waals surface area (Å²) in [6, 6.07) is 9.86. The average Bonchev–Trinajstić information content (AvgIpc) is 2.47. The Labute approximate surface area is 123 Å². The normalized spacial score (nSPS) is 13.6. The molecule has 0 bridgehead atoms. The first kappa shape index (κ1) is 13.1. The maximum absolute atomic E-state index is 8.98. The van der Waals surface area contributed by atoms with Crippen LogP contribution in [0.25, 0.3) is 0 Å². The van der Waals surface area contributed by atoms with Crippen molar-refractivity contribution in [1.29, 1.82) is 5.26 Å². The molecular formula is C16H15N3S. The minimum atomic E-state index is 0.689. The Hall–Kier alpha value is -1.86. The summed E-state index contributed by atoms with van der Waals surface area (Å²) in [4.78, 5) is 10.2. The van der Waals surface area contributed by atoms with Crippen LogP contribution in [0.3, 0.4) is 0 Å². The second-order valence-corrected chi connectivity index (χ2v) is 6.01. The average molecular weight is 281 g/mol. The molecule has 0 saturated heterocycles. The Morgan fingerprint density at radius 1 is 1.20 bits per heavy atom. The summed E-state index contributed by atoms with van der Waals surface area (Å²) in [6.45, 7) is 1.95. The smallest absolute Gasteiger partial charge is 0.126 e. The van der Waals surface area contributed by atoms with E-state index in [-0.39, 0.29) is 0 Å². The Morgan fingerprint density at radius 2 is 2.05 bits per heavy atom. The van der Waals surface area contributed by atoms with E-state index in [9.17, 15) is 0 Å². The highest BCUT2D eigenvalue weighted by molar-refractivity contribution is 7.99. The van der Waals surface area contributed by atoms with Crippen molar-refractivity contribution in [3.63, 3.8) is 0 Å². The molecule has 0 atom stereocenters. The maximum atomic E-state index is 8.98. The van der Waals surface area contributed by atoms with E-state index in [4.69, 9.17) is 5.26 Å². The van der Waals surface area contributed by atoms with E-state index >= 15 is 0 Å². The van der Waals surface area contributed by atoms with Gasteiger partial charge in [-0.3, -0.25) is 0 Å². The maximum Gasteiger partial charge on any atom is 0.126 e. The number of nitrogens with zero attached hydrogens (tertiary/aromatic N) is 3. The third-order valence-electron chi connectivity index (χ3n) is 3.43. The molecule has 3 rings (SSSR count). The molecule has 0 N–H and O–H groups in total. The van der Waals surface area contributed by atoms with Crippen molar-refractivity contribution in [3.05, 3.63) is 46.9 Å². The first-order valence-corrected chi connectivity index (χ1v) is 7.62. The van der Waals surface area contributed by atoms with Gasteiger partial charge in [0.05, 0.1) is 11.6 Å². The summed E-state index contributed by atoms with van der Waals surface area (Å²) in [5.41, 5.74) is 3.20. The number of benzene rings is 1. The van der Waals surface area contributed by atoms with Gasteiger partial charge in [0.2, 0.25) is 0 Å². The molecule has 0 aliphatic heterocycles. The highest BCUT2D eigenvalue weighted by Crippen LogP contribution is 2.33. The molecule has 0 saturated carbocycles. The Balaban J connectivity index is 1.98. The predicted octanol–water partition coefficient (Wildman–Crippen LogP) is 3.69. The second-order valence-electron chi connectivity index (χ2n) is 4.95. The summed E-state index contributed by atoms with van der Waals surface area (Å²) in [7, 11) is 0. The van der Waals surface area contributed by atoms with Crippen molar-refractivity contribution >= 4 is 11.8 Å². The van der Waals surface area contributed by atoms with Crippen LogP contribution in [0.5, 0.6) is 0 Å². The molecule has 20 heavy (non-hydrogen) atoms. The van der Waals surface area contributed by atoms with Gasteiger partial charge in [-0.25, -0.2) is 9.97 Å². The van der Waals surface area contributed by atoms with Crippen molar-refractivity contribution < 1.29 is 0 Å². The molecule has 0 radical (unpaired) electrons. The fraction of sp³-hybridized carbons (Fsp3) is 0.312. The summed E-state index contributed by atoms with van der Waals surface area (Å²) in [5.74, 6) is 0.838. The molecule has 0 fully saturated rings. The van der Waals surface area contributed by atoms with E-state index in [0.29, 0.717) is 5.56 Å². The van der Waals surface area contributed by atoms with E-state index in [0.717, 1.165) is 28.6 Å². The Bertz CT molecular complexity index is 689. The van der Waals surface area contributed by atoms with Gasteiger partial charge in [-0.2, -0.15) is 5.26 Å². The van der Waals surface area contributed by atoms with Gasteiger partial charge < -0.3 is 0 Å². The van der Waals surface area contributed by atoms with Crippen LogP contribution in [-0.2, 0) is 12.8 Å². The number of aromatic nitrogens is 2. The van der Waals surface area contributed by atoms with Crippen LogP contribution < -0.4 is 0 Å². The number of nitriles is 1. The third kappa shape index (κ3) is 2.68. The molecule has 1 aliphatic rings. The molecule has 2 aromatic rings. The summed E-state index contributed by atoms with van der Waals surface area (Å²) >= 11 is 1.64.